The summed E-state index contributed by atoms with van der Waals surface area (Å²) in [6.45, 7) is 10.9. The summed E-state index contributed by atoms with van der Waals surface area (Å²) in [6.07, 6.45) is 9.25. The Hall–Kier alpha value is -2.33. The lowest BCUT2D eigenvalue weighted by Crippen LogP contribution is -2.36. The smallest absolute Gasteiger partial charge is 0.210 e. The predicted molar refractivity (Wildman–Crippen MR) is 165 cm³/mol. The third-order valence-electron chi connectivity index (χ3n) is 8.04. The zero-order chi connectivity index (χ0) is 28.0. The molecule has 5 rings (SSSR count). The van der Waals surface area contributed by atoms with E-state index in [-0.39, 0.29) is 9.79 Å². The van der Waals surface area contributed by atoms with Gasteiger partial charge in [0, 0.05) is 49.2 Å². The number of hydrogen-bond acceptors (Lipinski definition) is 8. The second kappa shape index (κ2) is 13.6. The summed E-state index contributed by atoms with van der Waals surface area (Å²) in [7, 11) is -3.81. The topological polar surface area (TPSA) is 66.0 Å². The molecule has 0 spiro atoms. The van der Waals surface area contributed by atoms with Gasteiger partial charge >= 0.3 is 0 Å². The van der Waals surface area contributed by atoms with Gasteiger partial charge in [-0.15, -0.1) is 11.8 Å². The largest absolute Gasteiger partial charge is 0.494 e. The first-order valence-corrected chi connectivity index (χ1v) is 17.3. The molecule has 0 amide bonds. The van der Waals surface area contributed by atoms with E-state index in [1.54, 1.807) is 42.2 Å². The summed E-state index contributed by atoms with van der Waals surface area (Å²) in [5.41, 5.74) is 1.60. The summed E-state index contributed by atoms with van der Waals surface area (Å²) in [4.78, 5) is 13.7. The van der Waals surface area contributed by atoms with Crippen molar-refractivity contribution in [3.05, 3.63) is 48.7 Å². The Labute approximate surface area is 243 Å². The molecule has 2 aliphatic heterocycles. The van der Waals surface area contributed by atoms with Crippen LogP contribution in [0.1, 0.15) is 39.0 Å². The van der Waals surface area contributed by atoms with Crippen LogP contribution in [-0.2, 0) is 9.84 Å². The lowest BCUT2D eigenvalue weighted by molar-refractivity contribution is 0.236. The Morgan fingerprint density at radius 3 is 2.35 bits per heavy atom. The van der Waals surface area contributed by atoms with E-state index in [0.29, 0.717) is 12.4 Å². The fourth-order valence-electron chi connectivity index (χ4n) is 5.67. The van der Waals surface area contributed by atoms with E-state index in [1.165, 1.54) is 25.9 Å². The number of benzene rings is 2. The molecule has 3 aromatic rings. The maximum atomic E-state index is 14.1. The molecular weight excluding hydrogens is 541 g/mol. The Morgan fingerprint density at radius 1 is 0.900 bits per heavy atom. The molecule has 0 N–H and O–H groups in total. The first-order chi connectivity index (χ1) is 19.5. The molecule has 0 aliphatic carbocycles. The number of unbranched alkanes of at least 4 members (excludes halogenated alkanes) is 1. The number of likely N-dealkylation sites (tertiary alicyclic amines) is 1. The van der Waals surface area contributed by atoms with E-state index in [9.17, 15) is 8.42 Å². The van der Waals surface area contributed by atoms with Gasteiger partial charge in [0.05, 0.1) is 22.7 Å². The number of sulfone groups is 1. The van der Waals surface area contributed by atoms with Crippen molar-refractivity contribution >= 4 is 38.2 Å². The minimum Gasteiger partial charge on any atom is -0.494 e. The zero-order valence-electron chi connectivity index (χ0n) is 23.8. The fraction of sp³-hybridized carbons (Fsp3) is 0.516. The van der Waals surface area contributed by atoms with Crippen molar-refractivity contribution in [1.82, 2.24) is 14.8 Å². The number of pyridine rings is 1. The Bertz CT molecular complexity index is 1380. The number of hydrogen-bond donors (Lipinski definition) is 0. The van der Waals surface area contributed by atoms with E-state index in [4.69, 9.17) is 4.74 Å². The van der Waals surface area contributed by atoms with Crippen molar-refractivity contribution in [3.63, 3.8) is 0 Å². The molecule has 0 saturated carbocycles. The quantitative estimate of drug-likeness (QED) is 0.215. The van der Waals surface area contributed by atoms with Gasteiger partial charge in [-0.3, -0.25) is 4.98 Å². The highest BCUT2D eigenvalue weighted by molar-refractivity contribution is 7.98. The number of aromatic nitrogens is 1. The average Bonchev–Trinajstić information content (AvgIpc) is 3.40. The predicted octanol–water partition coefficient (Wildman–Crippen LogP) is 5.58. The third kappa shape index (κ3) is 6.75. The van der Waals surface area contributed by atoms with E-state index >= 15 is 0 Å². The molecule has 40 heavy (non-hydrogen) atoms. The van der Waals surface area contributed by atoms with Crippen LogP contribution < -0.4 is 9.64 Å². The van der Waals surface area contributed by atoms with Gasteiger partial charge < -0.3 is 19.4 Å². The van der Waals surface area contributed by atoms with Crippen LogP contribution in [0.2, 0.25) is 0 Å². The van der Waals surface area contributed by atoms with Crippen LogP contribution in [0.4, 0.5) is 5.69 Å². The van der Waals surface area contributed by atoms with Gasteiger partial charge in [-0.25, -0.2) is 8.42 Å². The molecule has 1 aromatic heterocycles. The molecule has 3 heterocycles. The molecule has 7 nitrogen and oxygen atoms in total. The van der Waals surface area contributed by atoms with E-state index < -0.39 is 9.84 Å². The number of thioether (sulfide) groups is 1. The lowest BCUT2D eigenvalue weighted by atomic mass is 10.1. The normalized spacial score (nSPS) is 17.4. The maximum Gasteiger partial charge on any atom is 0.210 e. The number of nitrogens with zero attached hydrogens (tertiary/aromatic N) is 4. The van der Waals surface area contributed by atoms with Gasteiger partial charge in [0.25, 0.3) is 0 Å². The lowest BCUT2D eigenvalue weighted by Gasteiger charge is -2.27. The third-order valence-corrected chi connectivity index (χ3v) is 10.5. The van der Waals surface area contributed by atoms with Crippen LogP contribution in [0, 0.1) is 0 Å². The Balaban J connectivity index is 1.45. The van der Waals surface area contributed by atoms with Crippen molar-refractivity contribution < 1.29 is 13.2 Å². The van der Waals surface area contributed by atoms with Crippen LogP contribution in [0.15, 0.2) is 63.3 Å². The van der Waals surface area contributed by atoms with Gasteiger partial charge in [-0.2, -0.15) is 0 Å². The van der Waals surface area contributed by atoms with Gasteiger partial charge in [0.2, 0.25) is 9.84 Å². The van der Waals surface area contributed by atoms with Crippen molar-refractivity contribution in [3.8, 4) is 5.75 Å². The Morgan fingerprint density at radius 2 is 1.62 bits per heavy atom. The highest BCUT2D eigenvalue weighted by Gasteiger charge is 2.28. The SMILES string of the molecule is CCCCOc1ccc(S(=O)(=O)c2cnc3ccc(SC)cc3c2N2CCCN(CCN3CCCC3)CC2)cc1. The molecule has 0 bridgehead atoms. The van der Waals surface area contributed by atoms with Crippen LogP contribution in [-0.4, -0.2) is 88.4 Å². The molecule has 2 aromatic carbocycles. The van der Waals surface area contributed by atoms with Gasteiger partial charge in [0.15, 0.2) is 0 Å². The molecule has 0 atom stereocenters. The van der Waals surface area contributed by atoms with Crippen LogP contribution >= 0.6 is 11.8 Å². The standard InChI is InChI=1S/C31H42N4O3S2/c1-3-4-22-38-25-8-11-27(12-9-25)40(36,37)30-24-32-29-13-10-26(39-2)23-28(29)31(30)35-17-7-16-34(20-21-35)19-18-33-14-5-6-15-33/h8-13,23-24H,3-7,14-22H2,1-2H3. The van der Waals surface area contributed by atoms with Gasteiger partial charge in [0.1, 0.15) is 10.6 Å². The maximum absolute atomic E-state index is 14.1. The van der Waals surface area contributed by atoms with E-state index in [0.717, 1.165) is 80.0 Å². The molecular formula is C31H42N4O3S2. The van der Waals surface area contributed by atoms with Crippen molar-refractivity contribution in [2.75, 3.05) is 70.1 Å². The Kier molecular flexibility index (Phi) is 9.89. The van der Waals surface area contributed by atoms with Gasteiger partial charge in [-0.05, 0) is 94.0 Å². The van der Waals surface area contributed by atoms with Crippen molar-refractivity contribution in [1.29, 1.82) is 0 Å². The van der Waals surface area contributed by atoms with E-state index in [2.05, 4.69) is 38.7 Å². The molecule has 2 fully saturated rings. The summed E-state index contributed by atoms with van der Waals surface area (Å²) in [5, 5.41) is 0.901. The molecule has 0 unspecified atom stereocenters. The van der Waals surface area contributed by atoms with Crippen LogP contribution in [0.25, 0.3) is 10.9 Å². The number of fused-ring (bicyclic) bond motifs is 1. The number of anilines is 1. The zero-order valence-corrected chi connectivity index (χ0v) is 25.5. The molecule has 9 heteroatoms. The monoisotopic (exact) mass is 582 g/mol. The fourth-order valence-corrected chi connectivity index (χ4v) is 7.55. The number of ether oxygens (including phenoxy) is 1. The summed E-state index contributed by atoms with van der Waals surface area (Å²) in [6, 6.07) is 13.0. The second-order valence-corrected chi connectivity index (χ2v) is 13.6. The van der Waals surface area contributed by atoms with E-state index in [1.807, 2.05) is 12.3 Å². The minimum atomic E-state index is -3.81. The van der Waals surface area contributed by atoms with Crippen molar-refractivity contribution in [2.24, 2.45) is 0 Å². The highest BCUT2D eigenvalue weighted by Crippen LogP contribution is 2.38. The molecule has 2 saturated heterocycles. The van der Waals surface area contributed by atoms with Gasteiger partial charge in [-0.1, -0.05) is 13.3 Å². The first-order valence-electron chi connectivity index (χ1n) is 14.6. The molecule has 2 aliphatic rings. The first kappa shape index (κ1) is 29.2. The molecule has 216 valence electrons. The average molecular weight is 583 g/mol. The second-order valence-electron chi connectivity index (χ2n) is 10.8. The van der Waals surface area contributed by atoms with Crippen LogP contribution in [0.3, 0.4) is 0 Å². The highest BCUT2D eigenvalue weighted by atomic mass is 32.2. The summed E-state index contributed by atoms with van der Waals surface area (Å²) in [5.74, 6) is 0.690. The van der Waals surface area contributed by atoms with Crippen molar-refractivity contribution in [2.45, 2.75) is 53.7 Å². The molecule has 0 radical (unpaired) electrons. The summed E-state index contributed by atoms with van der Waals surface area (Å²) < 4.78 is 34.0. The minimum absolute atomic E-state index is 0.265. The number of rotatable bonds is 11. The summed E-state index contributed by atoms with van der Waals surface area (Å²) >= 11 is 1.66. The van der Waals surface area contributed by atoms with Crippen LogP contribution in [0.5, 0.6) is 5.75 Å².